The maximum Gasteiger partial charge on any atom is 0.244 e. The number of hydrogen-bond donors (Lipinski definition) is 0. The summed E-state index contributed by atoms with van der Waals surface area (Å²) in [7, 11) is 0. The van der Waals surface area contributed by atoms with Gasteiger partial charge in [-0.15, -0.1) is 45.3 Å². The van der Waals surface area contributed by atoms with Gasteiger partial charge in [0.2, 0.25) is 6.71 Å². The van der Waals surface area contributed by atoms with Crippen LogP contribution < -0.4 is 16.4 Å². The van der Waals surface area contributed by atoms with Crippen LogP contribution >= 0.6 is 45.3 Å². The highest BCUT2D eigenvalue weighted by Gasteiger charge is 2.41. The lowest BCUT2D eigenvalue weighted by Crippen LogP contribution is -2.57. The number of thiophene rings is 4. The van der Waals surface area contributed by atoms with E-state index in [0.29, 0.717) is 0 Å². The number of fused-ring (bicyclic) bond motifs is 20. The molecule has 0 fully saturated rings. The van der Waals surface area contributed by atoms with Crippen LogP contribution in [0, 0.1) is 0 Å². The van der Waals surface area contributed by atoms with Gasteiger partial charge in [-0.25, -0.2) is 0 Å². The first-order valence-corrected chi connectivity index (χ1v) is 22.1. The van der Waals surface area contributed by atoms with E-state index >= 15 is 0 Å². The molecule has 0 spiro atoms. The molecule has 2 aliphatic rings. The van der Waals surface area contributed by atoms with Crippen LogP contribution in [0.4, 0.5) is 0 Å². The molecule has 15 rings (SSSR count). The van der Waals surface area contributed by atoms with Gasteiger partial charge in [0.25, 0.3) is 0 Å². The average molecular weight is 763 g/mol. The molecule has 0 atom stereocenters. The van der Waals surface area contributed by atoms with Crippen molar-refractivity contribution in [3.05, 3.63) is 140 Å². The largest absolute Gasteiger partial charge is 0.244 e. The Bertz CT molecular complexity index is 3710. The Morgan fingerprint density at radius 3 is 1.09 bits per heavy atom. The maximum absolute atomic E-state index is 2.62. The summed E-state index contributed by atoms with van der Waals surface area (Å²) in [5, 5.41) is 16.7. The first-order chi connectivity index (χ1) is 27.3. The van der Waals surface area contributed by atoms with Gasteiger partial charge >= 0.3 is 0 Å². The Morgan fingerprint density at radius 2 is 0.673 bits per heavy atom. The fourth-order valence-corrected chi connectivity index (χ4v) is 15.6. The zero-order chi connectivity index (χ0) is 35.3. The summed E-state index contributed by atoms with van der Waals surface area (Å²) in [6.07, 6.45) is 0. The molecule has 6 heterocycles. The molecule has 0 N–H and O–H groups in total. The van der Waals surface area contributed by atoms with Gasteiger partial charge in [0, 0.05) is 103 Å². The SMILES string of the molecule is c1cc2c3c(c1)-c1c4sc5ccccc5c4cc4c1c(cc1c5ccccc5sc41)B3c1cc3c4ccccc4sc3c3cc4c(sc5ccccc54)c-2c13. The topological polar surface area (TPSA) is 0 Å². The summed E-state index contributed by atoms with van der Waals surface area (Å²) in [5.41, 5.74) is 10.1. The molecule has 0 saturated carbocycles. The normalized spacial score (nSPS) is 13.4. The lowest BCUT2D eigenvalue weighted by Gasteiger charge is -2.35. The van der Waals surface area contributed by atoms with Gasteiger partial charge in [-0.2, -0.15) is 0 Å². The van der Waals surface area contributed by atoms with Crippen LogP contribution in [0.15, 0.2) is 140 Å². The minimum absolute atomic E-state index is 0.112. The fraction of sp³-hybridized carbons (Fsp3) is 0. The number of rotatable bonds is 0. The summed E-state index contributed by atoms with van der Waals surface area (Å²) >= 11 is 7.88. The van der Waals surface area contributed by atoms with E-state index in [1.165, 1.54) is 141 Å². The zero-order valence-corrected chi connectivity index (χ0v) is 32.3. The van der Waals surface area contributed by atoms with Gasteiger partial charge in [0.15, 0.2) is 0 Å². The third kappa shape index (κ3) is 3.36. The van der Waals surface area contributed by atoms with E-state index < -0.39 is 0 Å². The molecule has 2 aliphatic heterocycles. The van der Waals surface area contributed by atoms with Gasteiger partial charge in [0.1, 0.15) is 0 Å². The van der Waals surface area contributed by atoms with Crippen LogP contribution in [-0.4, -0.2) is 6.71 Å². The predicted molar refractivity (Wildman–Crippen MR) is 249 cm³/mol. The highest BCUT2D eigenvalue weighted by atomic mass is 32.1. The molecule has 9 aromatic carbocycles. The highest BCUT2D eigenvalue weighted by Crippen LogP contribution is 2.53. The van der Waals surface area contributed by atoms with Crippen LogP contribution in [0.3, 0.4) is 0 Å². The standard InChI is InChI=1S/C50H23BS4/c1-7-18-40-24(10-1)30-20-34-42-36(22-32-26-12-3-5-16-38(26)52-47(32)34)51-37-23-33-27-13-4-6-17-39(27)53-48(33)35-21-31-25-11-2-8-19-41(25)55-50(31)45(43(35)37)29-15-9-14-28(46(29)51)44(42)49(30)54-40/h1-23H. The molecule has 0 nitrogen and oxygen atoms in total. The summed E-state index contributed by atoms with van der Waals surface area (Å²) in [6, 6.07) is 53.8. The minimum atomic E-state index is 0.112. The molecule has 0 aliphatic carbocycles. The van der Waals surface area contributed by atoms with E-state index in [0.717, 1.165) is 0 Å². The molecule has 0 saturated heterocycles. The Hall–Kier alpha value is -5.56. The van der Waals surface area contributed by atoms with Crippen molar-refractivity contribution >= 4 is 171 Å². The predicted octanol–water partition coefficient (Wildman–Crippen LogP) is 13.9. The first-order valence-electron chi connectivity index (χ1n) is 18.9. The summed E-state index contributed by atoms with van der Waals surface area (Å²) in [4.78, 5) is 0. The molecular formula is C50H23BS4. The third-order valence-electron chi connectivity index (χ3n) is 12.8. The second kappa shape index (κ2) is 9.81. The van der Waals surface area contributed by atoms with Crippen molar-refractivity contribution < 1.29 is 0 Å². The van der Waals surface area contributed by atoms with Crippen molar-refractivity contribution in [2.45, 2.75) is 0 Å². The molecule has 250 valence electrons. The van der Waals surface area contributed by atoms with Crippen molar-refractivity contribution in [3.8, 4) is 22.3 Å². The third-order valence-corrected chi connectivity index (χ3v) is 17.7. The fourth-order valence-electron chi connectivity index (χ4n) is 10.7. The second-order valence-corrected chi connectivity index (χ2v) is 19.6. The Labute approximate surface area is 330 Å². The lowest BCUT2D eigenvalue weighted by molar-refractivity contribution is 1.69. The molecule has 13 aromatic rings. The van der Waals surface area contributed by atoms with Crippen LogP contribution in [0.5, 0.6) is 0 Å². The van der Waals surface area contributed by atoms with Crippen molar-refractivity contribution in [2.75, 3.05) is 0 Å². The molecule has 4 aromatic heterocycles. The molecule has 5 heteroatoms. The number of hydrogen-bond acceptors (Lipinski definition) is 4. The van der Waals surface area contributed by atoms with Crippen LogP contribution in [0.25, 0.3) is 124 Å². The maximum atomic E-state index is 2.62. The lowest BCUT2D eigenvalue weighted by atomic mass is 9.31. The van der Waals surface area contributed by atoms with Crippen molar-refractivity contribution in [3.63, 3.8) is 0 Å². The van der Waals surface area contributed by atoms with Crippen LogP contribution in [0.1, 0.15) is 0 Å². The van der Waals surface area contributed by atoms with Crippen molar-refractivity contribution in [1.29, 1.82) is 0 Å². The second-order valence-electron chi connectivity index (χ2n) is 15.4. The first kappa shape index (κ1) is 28.8. The van der Waals surface area contributed by atoms with Gasteiger partial charge in [-0.1, -0.05) is 120 Å². The smallest absolute Gasteiger partial charge is 0.135 e. The van der Waals surface area contributed by atoms with Crippen molar-refractivity contribution in [2.24, 2.45) is 0 Å². The highest BCUT2D eigenvalue weighted by molar-refractivity contribution is 7.29. The van der Waals surface area contributed by atoms with E-state index in [1.807, 2.05) is 45.3 Å². The van der Waals surface area contributed by atoms with E-state index in [-0.39, 0.29) is 6.71 Å². The van der Waals surface area contributed by atoms with Gasteiger partial charge in [0.05, 0.1) is 0 Å². The van der Waals surface area contributed by atoms with Gasteiger partial charge < -0.3 is 0 Å². The average Bonchev–Trinajstić information content (AvgIpc) is 4.00. The molecule has 0 amide bonds. The Morgan fingerprint density at radius 1 is 0.309 bits per heavy atom. The molecule has 55 heavy (non-hydrogen) atoms. The minimum Gasteiger partial charge on any atom is -0.135 e. The molecular weight excluding hydrogens is 740 g/mol. The summed E-state index contributed by atoms with van der Waals surface area (Å²) in [6.45, 7) is 0.112. The molecule has 0 unspecified atom stereocenters. The molecule has 0 radical (unpaired) electrons. The molecule has 0 bridgehead atoms. The Balaban J connectivity index is 1.23. The number of benzene rings is 9. The van der Waals surface area contributed by atoms with E-state index in [2.05, 4.69) is 140 Å². The summed E-state index contributed by atoms with van der Waals surface area (Å²) in [5.74, 6) is 0. The van der Waals surface area contributed by atoms with Gasteiger partial charge in [-0.05, 0) is 58.3 Å². The van der Waals surface area contributed by atoms with Crippen LogP contribution in [0.2, 0.25) is 0 Å². The zero-order valence-electron chi connectivity index (χ0n) is 29.0. The summed E-state index contributed by atoms with van der Waals surface area (Å²) < 4.78 is 11.1. The van der Waals surface area contributed by atoms with Crippen molar-refractivity contribution in [1.82, 2.24) is 0 Å². The van der Waals surface area contributed by atoms with E-state index in [1.54, 1.807) is 0 Å². The Kier molecular flexibility index (Phi) is 5.14. The van der Waals surface area contributed by atoms with Gasteiger partial charge in [-0.3, -0.25) is 0 Å². The van der Waals surface area contributed by atoms with E-state index in [9.17, 15) is 0 Å². The van der Waals surface area contributed by atoms with E-state index in [4.69, 9.17) is 0 Å². The van der Waals surface area contributed by atoms with Crippen LogP contribution in [-0.2, 0) is 0 Å². The quantitative estimate of drug-likeness (QED) is 0.135. The monoisotopic (exact) mass is 762 g/mol.